The Labute approximate surface area is 181 Å². The number of halogens is 3. The zero-order valence-corrected chi connectivity index (χ0v) is 17.3. The number of amides is 1. The number of hydrogen-bond donors (Lipinski definition) is 1. The van der Waals surface area contributed by atoms with E-state index in [0.717, 1.165) is 0 Å². The summed E-state index contributed by atoms with van der Waals surface area (Å²) in [6, 6.07) is 7.06. The number of nitrogens with one attached hydrogen (secondary N) is 1. The molecule has 160 valence electrons. The quantitative estimate of drug-likeness (QED) is 0.623. The Balaban J connectivity index is 1.64. The van der Waals surface area contributed by atoms with E-state index in [1.807, 2.05) is 0 Å². The number of rotatable bonds is 6. The smallest absolute Gasteiger partial charge is 0.388 e. The fraction of sp³-hybridized carbons (Fsp3) is 0.300. The van der Waals surface area contributed by atoms with E-state index in [4.69, 9.17) is 11.6 Å². The molecule has 1 saturated carbocycles. The SMILES string of the molecule is Cc1c(OC(F)F)nn(C)c1-n1cc(-c2ccc(Cl)c(C(=O)NC3(C#N)CC3)c2)cn1. The maximum absolute atomic E-state index is 12.6. The maximum atomic E-state index is 12.6. The first-order chi connectivity index (χ1) is 14.7. The molecule has 0 saturated heterocycles. The second-order valence-corrected chi connectivity index (χ2v) is 7.68. The molecule has 1 amide bonds. The summed E-state index contributed by atoms with van der Waals surface area (Å²) < 4.78 is 32.5. The van der Waals surface area contributed by atoms with Gasteiger partial charge in [0.25, 0.3) is 5.91 Å². The number of aromatic nitrogens is 4. The normalized spacial score (nSPS) is 14.4. The number of carbonyl (C=O) groups excluding carboxylic acids is 1. The van der Waals surface area contributed by atoms with Gasteiger partial charge in [-0.3, -0.25) is 4.79 Å². The molecule has 1 N–H and O–H groups in total. The first kappa shape index (κ1) is 20.8. The summed E-state index contributed by atoms with van der Waals surface area (Å²) in [7, 11) is 1.59. The van der Waals surface area contributed by atoms with Crippen molar-refractivity contribution >= 4 is 17.5 Å². The molecular formula is C20H17ClF2N6O2. The van der Waals surface area contributed by atoms with Crippen molar-refractivity contribution in [3.63, 3.8) is 0 Å². The molecule has 1 aliphatic rings. The summed E-state index contributed by atoms with van der Waals surface area (Å²) in [6.07, 6.45) is 4.47. The Kier molecular flexibility index (Phi) is 5.15. The molecule has 4 rings (SSSR count). The van der Waals surface area contributed by atoms with Crippen molar-refractivity contribution in [1.29, 1.82) is 5.26 Å². The van der Waals surface area contributed by atoms with E-state index in [0.29, 0.717) is 35.3 Å². The van der Waals surface area contributed by atoms with Crippen LogP contribution < -0.4 is 10.1 Å². The van der Waals surface area contributed by atoms with Crippen molar-refractivity contribution in [2.45, 2.75) is 31.9 Å². The molecule has 0 atom stereocenters. The van der Waals surface area contributed by atoms with Crippen molar-refractivity contribution in [1.82, 2.24) is 24.9 Å². The van der Waals surface area contributed by atoms with Crippen molar-refractivity contribution < 1.29 is 18.3 Å². The summed E-state index contributed by atoms with van der Waals surface area (Å²) in [6.45, 7) is -1.38. The van der Waals surface area contributed by atoms with Crippen LogP contribution in [0, 0.1) is 18.3 Å². The molecule has 31 heavy (non-hydrogen) atoms. The second kappa shape index (κ2) is 7.67. The predicted molar refractivity (Wildman–Crippen MR) is 107 cm³/mol. The largest absolute Gasteiger partial charge is 0.415 e. The van der Waals surface area contributed by atoms with Crippen LogP contribution in [0.2, 0.25) is 5.02 Å². The zero-order valence-electron chi connectivity index (χ0n) is 16.6. The number of alkyl halides is 2. The third-order valence-electron chi connectivity index (χ3n) is 5.07. The molecule has 0 aliphatic heterocycles. The third kappa shape index (κ3) is 3.96. The molecule has 0 bridgehead atoms. The Bertz CT molecular complexity index is 1210. The Morgan fingerprint density at radius 1 is 1.39 bits per heavy atom. The van der Waals surface area contributed by atoms with Gasteiger partial charge in [0.05, 0.1) is 28.4 Å². The van der Waals surface area contributed by atoms with Crippen LogP contribution in [0.4, 0.5) is 8.78 Å². The highest BCUT2D eigenvalue weighted by molar-refractivity contribution is 6.34. The van der Waals surface area contributed by atoms with Gasteiger partial charge in [0.1, 0.15) is 5.54 Å². The average Bonchev–Trinajstić information content (AvgIpc) is 3.22. The fourth-order valence-electron chi connectivity index (χ4n) is 3.25. The van der Waals surface area contributed by atoms with Gasteiger partial charge in [-0.25, -0.2) is 9.36 Å². The Morgan fingerprint density at radius 2 is 2.13 bits per heavy atom. The van der Waals surface area contributed by atoms with Crippen LogP contribution in [0.1, 0.15) is 28.8 Å². The van der Waals surface area contributed by atoms with E-state index in [2.05, 4.69) is 26.3 Å². The predicted octanol–water partition coefficient (Wildman–Crippen LogP) is 3.62. The van der Waals surface area contributed by atoms with Crippen molar-refractivity contribution in [3.05, 3.63) is 46.7 Å². The molecule has 1 aliphatic carbocycles. The second-order valence-electron chi connectivity index (χ2n) is 7.27. The van der Waals surface area contributed by atoms with Crippen LogP contribution in [0.3, 0.4) is 0 Å². The molecule has 0 radical (unpaired) electrons. The summed E-state index contributed by atoms with van der Waals surface area (Å²) in [5.74, 6) is -0.144. The number of ether oxygens (including phenoxy) is 1. The van der Waals surface area contributed by atoms with Gasteiger partial charge in [0, 0.05) is 18.8 Å². The number of nitrogens with zero attached hydrogens (tertiary/aromatic N) is 5. The van der Waals surface area contributed by atoms with E-state index in [1.54, 1.807) is 44.6 Å². The molecular weight excluding hydrogens is 430 g/mol. The first-order valence-electron chi connectivity index (χ1n) is 9.30. The lowest BCUT2D eigenvalue weighted by Crippen LogP contribution is -2.35. The topological polar surface area (TPSA) is 97.8 Å². The van der Waals surface area contributed by atoms with Gasteiger partial charge >= 0.3 is 6.61 Å². The number of carbonyl (C=O) groups is 1. The molecule has 1 aromatic carbocycles. The standard InChI is InChI=1S/C20H17ClF2N6O2/c1-11-17(31-19(22)23)27-28(2)18(11)29-9-13(8-25-29)12-3-4-15(21)14(7-12)16(30)26-20(10-24)5-6-20/h3-4,7-9,19H,5-6H2,1-2H3,(H,26,30). The van der Waals surface area contributed by atoms with Gasteiger partial charge in [-0.2, -0.15) is 19.1 Å². The van der Waals surface area contributed by atoms with Crippen LogP contribution in [-0.4, -0.2) is 37.6 Å². The molecule has 2 heterocycles. The molecule has 8 nitrogen and oxygen atoms in total. The van der Waals surface area contributed by atoms with E-state index in [-0.39, 0.29) is 16.5 Å². The van der Waals surface area contributed by atoms with Crippen LogP contribution in [-0.2, 0) is 7.05 Å². The van der Waals surface area contributed by atoms with E-state index >= 15 is 0 Å². The minimum atomic E-state index is -2.98. The lowest BCUT2D eigenvalue weighted by Gasteiger charge is -2.11. The summed E-state index contributed by atoms with van der Waals surface area (Å²) >= 11 is 6.21. The minimum Gasteiger partial charge on any atom is -0.415 e. The van der Waals surface area contributed by atoms with Crippen molar-refractivity contribution in [3.8, 4) is 28.9 Å². The van der Waals surface area contributed by atoms with Gasteiger partial charge in [-0.1, -0.05) is 17.7 Å². The number of benzene rings is 1. The van der Waals surface area contributed by atoms with Crippen molar-refractivity contribution in [2.75, 3.05) is 0 Å². The van der Waals surface area contributed by atoms with Crippen LogP contribution >= 0.6 is 11.6 Å². The maximum Gasteiger partial charge on any atom is 0.388 e. The summed E-state index contributed by atoms with van der Waals surface area (Å²) in [5.41, 5.74) is 1.18. The lowest BCUT2D eigenvalue weighted by molar-refractivity contribution is -0.0535. The van der Waals surface area contributed by atoms with Crippen LogP contribution in [0.5, 0.6) is 5.88 Å². The van der Waals surface area contributed by atoms with E-state index in [9.17, 15) is 18.8 Å². The number of nitriles is 1. The molecule has 3 aromatic rings. The molecule has 11 heteroatoms. The van der Waals surface area contributed by atoms with E-state index < -0.39 is 18.1 Å². The summed E-state index contributed by atoms with van der Waals surface area (Å²) in [4.78, 5) is 12.6. The number of aryl methyl sites for hydroxylation is 1. The van der Waals surface area contributed by atoms with Crippen LogP contribution in [0.25, 0.3) is 16.9 Å². The minimum absolute atomic E-state index is 0.179. The van der Waals surface area contributed by atoms with E-state index in [1.165, 1.54) is 9.36 Å². The molecule has 1 fully saturated rings. The van der Waals surface area contributed by atoms with Crippen molar-refractivity contribution in [2.24, 2.45) is 7.05 Å². The highest BCUT2D eigenvalue weighted by Gasteiger charge is 2.45. The number of hydrogen-bond acceptors (Lipinski definition) is 5. The van der Waals surface area contributed by atoms with Crippen LogP contribution in [0.15, 0.2) is 30.6 Å². The molecule has 2 aromatic heterocycles. The lowest BCUT2D eigenvalue weighted by atomic mass is 10.1. The monoisotopic (exact) mass is 446 g/mol. The zero-order chi connectivity index (χ0) is 22.3. The Morgan fingerprint density at radius 3 is 2.77 bits per heavy atom. The molecule has 0 unspecified atom stereocenters. The van der Waals surface area contributed by atoms with Gasteiger partial charge in [0.15, 0.2) is 5.82 Å². The molecule has 0 spiro atoms. The van der Waals surface area contributed by atoms with Gasteiger partial charge in [-0.05, 0) is 37.5 Å². The van der Waals surface area contributed by atoms with Gasteiger partial charge in [-0.15, -0.1) is 5.10 Å². The average molecular weight is 447 g/mol. The fourth-order valence-corrected chi connectivity index (χ4v) is 3.46. The first-order valence-corrected chi connectivity index (χ1v) is 9.68. The highest BCUT2D eigenvalue weighted by atomic mass is 35.5. The Hall–Kier alpha value is -3.45. The summed E-state index contributed by atoms with van der Waals surface area (Å²) in [5, 5.41) is 20.4. The van der Waals surface area contributed by atoms with Gasteiger partial charge in [0.2, 0.25) is 5.88 Å². The third-order valence-corrected chi connectivity index (χ3v) is 5.39. The van der Waals surface area contributed by atoms with Gasteiger partial charge < -0.3 is 10.1 Å². The highest BCUT2D eigenvalue weighted by Crippen LogP contribution is 2.35.